The number of amides is 2. The average molecular weight is 574 g/mol. The van der Waals surface area contributed by atoms with Gasteiger partial charge in [-0.2, -0.15) is 0 Å². The molecule has 1 aromatic heterocycles. The normalized spacial score (nSPS) is 14.0. The van der Waals surface area contributed by atoms with Gasteiger partial charge in [-0.15, -0.1) is 24.0 Å². The third kappa shape index (κ3) is 7.70. The van der Waals surface area contributed by atoms with Crippen LogP contribution in [-0.2, 0) is 4.79 Å². The van der Waals surface area contributed by atoms with E-state index in [2.05, 4.69) is 20.5 Å². The van der Waals surface area contributed by atoms with Crippen molar-refractivity contribution < 1.29 is 14.0 Å². The van der Waals surface area contributed by atoms with Gasteiger partial charge in [0.1, 0.15) is 0 Å². The Morgan fingerprint density at radius 3 is 2.41 bits per heavy atom. The molecule has 8 nitrogen and oxygen atoms in total. The number of guanidine groups is 1. The fourth-order valence-corrected chi connectivity index (χ4v) is 3.41. The van der Waals surface area contributed by atoms with Crippen molar-refractivity contribution in [2.75, 3.05) is 44.6 Å². The molecule has 32 heavy (non-hydrogen) atoms. The fourth-order valence-electron chi connectivity index (χ4n) is 3.28. The van der Waals surface area contributed by atoms with Crippen LogP contribution in [0.3, 0.4) is 0 Å². The van der Waals surface area contributed by atoms with Gasteiger partial charge in [0, 0.05) is 56.4 Å². The number of anilines is 1. The van der Waals surface area contributed by atoms with E-state index in [4.69, 9.17) is 16.0 Å². The molecule has 2 N–H and O–H groups in total. The molecule has 10 heteroatoms. The zero-order valence-electron chi connectivity index (χ0n) is 18.1. The predicted octanol–water partition coefficient (Wildman–Crippen LogP) is 3.69. The second-order valence-electron chi connectivity index (χ2n) is 7.15. The minimum absolute atomic E-state index is 0. The van der Waals surface area contributed by atoms with E-state index in [1.54, 1.807) is 41.3 Å². The van der Waals surface area contributed by atoms with Crippen molar-refractivity contribution in [3.05, 3.63) is 53.4 Å². The van der Waals surface area contributed by atoms with Gasteiger partial charge in [0.05, 0.1) is 6.26 Å². The summed E-state index contributed by atoms with van der Waals surface area (Å²) in [5, 5.41) is 6.79. The van der Waals surface area contributed by atoms with Gasteiger partial charge in [-0.05, 0) is 49.7 Å². The molecule has 1 aliphatic heterocycles. The first kappa shape index (κ1) is 26.0. The van der Waals surface area contributed by atoms with Crippen molar-refractivity contribution in [3.63, 3.8) is 0 Å². The summed E-state index contributed by atoms with van der Waals surface area (Å²) in [4.78, 5) is 33.1. The molecular formula is C22H29ClIN5O3. The van der Waals surface area contributed by atoms with Crippen LogP contribution in [0.1, 0.15) is 30.3 Å². The quantitative estimate of drug-likeness (QED) is 0.228. The number of aliphatic imine (C=N–C) groups is 1. The lowest BCUT2D eigenvalue weighted by atomic mass is 10.2. The van der Waals surface area contributed by atoms with Crippen LogP contribution < -0.4 is 10.6 Å². The number of benzene rings is 1. The molecule has 1 saturated heterocycles. The third-order valence-electron chi connectivity index (χ3n) is 4.88. The van der Waals surface area contributed by atoms with Gasteiger partial charge in [-0.25, -0.2) is 0 Å². The lowest BCUT2D eigenvalue weighted by Crippen LogP contribution is -2.53. The maximum absolute atomic E-state index is 12.4. The molecule has 2 aromatic rings. The predicted molar refractivity (Wildman–Crippen MR) is 137 cm³/mol. The highest BCUT2D eigenvalue weighted by molar-refractivity contribution is 14.0. The van der Waals surface area contributed by atoms with Gasteiger partial charge < -0.3 is 24.9 Å². The number of hydrogen-bond donors (Lipinski definition) is 2. The van der Waals surface area contributed by atoms with Crippen LogP contribution in [0.2, 0.25) is 5.02 Å². The van der Waals surface area contributed by atoms with E-state index in [1.807, 2.05) is 6.92 Å². The zero-order valence-corrected chi connectivity index (χ0v) is 21.1. The molecule has 174 valence electrons. The Morgan fingerprint density at radius 1 is 1.09 bits per heavy atom. The highest BCUT2D eigenvalue weighted by Gasteiger charge is 2.25. The molecule has 0 aliphatic carbocycles. The Bertz CT molecular complexity index is 881. The van der Waals surface area contributed by atoms with Crippen LogP contribution in [0, 0.1) is 0 Å². The van der Waals surface area contributed by atoms with Crippen molar-refractivity contribution in [1.82, 2.24) is 15.1 Å². The first-order valence-electron chi connectivity index (χ1n) is 10.5. The van der Waals surface area contributed by atoms with Crippen molar-refractivity contribution in [2.45, 2.75) is 19.8 Å². The molecule has 1 aliphatic rings. The van der Waals surface area contributed by atoms with Gasteiger partial charge in [0.25, 0.3) is 5.91 Å². The van der Waals surface area contributed by atoms with Gasteiger partial charge in [-0.3, -0.25) is 14.6 Å². The Morgan fingerprint density at radius 2 is 1.78 bits per heavy atom. The zero-order chi connectivity index (χ0) is 22.1. The maximum atomic E-state index is 12.4. The molecule has 0 bridgehead atoms. The summed E-state index contributed by atoms with van der Waals surface area (Å²) in [7, 11) is 0. The smallest absolute Gasteiger partial charge is 0.289 e. The minimum atomic E-state index is -0.0849. The first-order chi connectivity index (χ1) is 15.1. The summed E-state index contributed by atoms with van der Waals surface area (Å²) < 4.78 is 5.21. The molecule has 2 heterocycles. The number of rotatable bonds is 7. The number of nitrogens with one attached hydrogen (secondary N) is 2. The van der Waals surface area contributed by atoms with Crippen LogP contribution in [-0.4, -0.2) is 66.8 Å². The van der Waals surface area contributed by atoms with Crippen LogP contribution in [0.15, 0.2) is 52.1 Å². The second kappa shape index (κ2) is 13.3. The Labute approximate surface area is 210 Å². The number of carbonyl (C=O) groups is 2. The number of carbonyl (C=O) groups excluding carboxylic acids is 2. The second-order valence-corrected chi connectivity index (χ2v) is 7.59. The van der Waals surface area contributed by atoms with Gasteiger partial charge in [-0.1, -0.05) is 11.6 Å². The van der Waals surface area contributed by atoms with Crippen LogP contribution in [0.5, 0.6) is 0 Å². The van der Waals surface area contributed by atoms with Gasteiger partial charge in [0.2, 0.25) is 5.91 Å². The molecule has 0 radical (unpaired) electrons. The van der Waals surface area contributed by atoms with E-state index in [1.165, 1.54) is 6.26 Å². The van der Waals surface area contributed by atoms with Crippen LogP contribution in [0.4, 0.5) is 5.69 Å². The molecule has 1 aromatic carbocycles. The summed E-state index contributed by atoms with van der Waals surface area (Å²) in [5.41, 5.74) is 0.730. The van der Waals surface area contributed by atoms with Crippen molar-refractivity contribution in [2.24, 2.45) is 4.99 Å². The summed E-state index contributed by atoms with van der Waals surface area (Å²) >= 11 is 5.86. The molecule has 0 saturated carbocycles. The molecule has 0 spiro atoms. The highest BCUT2D eigenvalue weighted by atomic mass is 127. The molecule has 0 unspecified atom stereocenters. The van der Waals surface area contributed by atoms with Crippen molar-refractivity contribution in [1.29, 1.82) is 0 Å². The van der Waals surface area contributed by atoms with Crippen LogP contribution >= 0.6 is 35.6 Å². The fraction of sp³-hybridized carbons (Fsp3) is 0.409. The molecule has 1 fully saturated rings. The lowest BCUT2D eigenvalue weighted by molar-refractivity contribution is -0.116. The number of furan rings is 1. The minimum Gasteiger partial charge on any atom is -0.459 e. The van der Waals surface area contributed by atoms with Gasteiger partial charge >= 0.3 is 0 Å². The summed E-state index contributed by atoms with van der Waals surface area (Å²) in [6, 6.07) is 10.4. The number of halogens is 2. The molecule has 3 rings (SSSR count). The monoisotopic (exact) mass is 573 g/mol. The van der Waals surface area contributed by atoms with E-state index < -0.39 is 0 Å². The van der Waals surface area contributed by atoms with E-state index in [0.29, 0.717) is 56.3 Å². The number of hydrogen-bond acceptors (Lipinski definition) is 4. The van der Waals surface area contributed by atoms with Crippen molar-refractivity contribution in [3.8, 4) is 0 Å². The Kier molecular flexibility index (Phi) is 10.8. The molecular weight excluding hydrogens is 545 g/mol. The largest absolute Gasteiger partial charge is 0.459 e. The Balaban J connectivity index is 0.00000363. The summed E-state index contributed by atoms with van der Waals surface area (Å²) in [6.45, 7) is 5.90. The average Bonchev–Trinajstić information content (AvgIpc) is 3.32. The molecule has 0 atom stereocenters. The molecule has 2 amide bonds. The topological polar surface area (TPSA) is 90.2 Å². The van der Waals surface area contributed by atoms with Crippen molar-refractivity contribution >= 4 is 59.0 Å². The standard InChI is InChI=1S/C22H28ClN5O3.HI/c1-2-24-22(25-11-3-6-20(29)26-18-9-7-17(23)8-10-18)28-14-12-27(13-15-28)21(30)19-5-4-16-31-19;/h4-5,7-10,16H,2-3,6,11-15H2,1H3,(H,24,25)(H,26,29);1H. The van der Waals surface area contributed by atoms with E-state index >= 15 is 0 Å². The van der Waals surface area contributed by atoms with E-state index in [0.717, 1.165) is 18.2 Å². The SMILES string of the molecule is CCNC(=NCCCC(=O)Nc1ccc(Cl)cc1)N1CCN(C(=O)c2ccco2)CC1.I. The number of piperazine rings is 1. The van der Waals surface area contributed by atoms with E-state index in [-0.39, 0.29) is 35.8 Å². The first-order valence-corrected chi connectivity index (χ1v) is 10.9. The lowest BCUT2D eigenvalue weighted by Gasteiger charge is -2.36. The Hall–Kier alpha value is -2.27. The highest BCUT2D eigenvalue weighted by Crippen LogP contribution is 2.14. The van der Waals surface area contributed by atoms with E-state index in [9.17, 15) is 9.59 Å². The van der Waals surface area contributed by atoms with Gasteiger partial charge in [0.15, 0.2) is 11.7 Å². The summed E-state index contributed by atoms with van der Waals surface area (Å²) in [5.74, 6) is 1.04. The number of nitrogens with zero attached hydrogens (tertiary/aromatic N) is 3. The third-order valence-corrected chi connectivity index (χ3v) is 5.14. The summed E-state index contributed by atoms with van der Waals surface area (Å²) in [6.07, 6.45) is 2.54. The maximum Gasteiger partial charge on any atom is 0.289 e. The van der Waals surface area contributed by atoms with Crippen LogP contribution in [0.25, 0.3) is 0 Å².